The summed E-state index contributed by atoms with van der Waals surface area (Å²) in [7, 11) is -3.10. The summed E-state index contributed by atoms with van der Waals surface area (Å²) in [6.07, 6.45) is 2.71. The number of pyridine rings is 1. The van der Waals surface area contributed by atoms with Gasteiger partial charge in [0, 0.05) is 18.5 Å². The molecule has 0 aliphatic carbocycles. The molecule has 0 radical (unpaired) electrons. The van der Waals surface area contributed by atoms with E-state index in [1.54, 1.807) is 17.6 Å². The molecular weight excluding hydrogens is 309 g/mol. The molecule has 0 aromatic carbocycles. The van der Waals surface area contributed by atoms with Crippen LogP contribution in [0.1, 0.15) is 18.8 Å². The zero-order chi connectivity index (χ0) is 14.2. The topological polar surface area (TPSA) is 64.8 Å². The first-order chi connectivity index (χ1) is 8.81. The summed E-state index contributed by atoms with van der Waals surface area (Å²) >= 11 is 11.7. The smallest absolute Gasteiger partial charge is 0.160 e. The molecule has 0 N–H and O–H groups in total. The Morgan fingerprint density at radius 1 is 1.47 bits per heavy atom. The van der Waals surface area contributed by atoms with E-state index in [2.05, 4.69) is 9.97 Å². The fraction of sp³-hybridized carbons (Fsp3) is 0.455. The number of halogens is 2. The summed E-state index contributed by atoms with van der Waals surface area (Å²) in [4.78, 5) is 8.55. The number of hydrogen-bond acceptors (Lipinski definition) is 4. The number of aromatic nitrogens is 3. The fourth-order valence-corrected chi connectivity index (χ4v) is 3.44. The maximum Gasteiger partial charge on any atom is 0.160 e. The summed E-state index contributed by atoms with van der Waals surface area (Å²) in [5.74, 6) is 0.775. The minimum absolute atomic E-state index is 0.00660. The number of nitrogens with zero attached hydrogens (tertiary/aromatic N) is 3. The van der Waals surface area contributed by atoms with Crippen molar-refractivity contribution in [3.63, 3.8) is 0 Å². The zero-order valence-electron chi connectivity index (χ0n) is 10.5. The molecular formula is C11H13Cl2N3O2S. The molecule has 1 atom stereocenters. The number of alkyl halides is 1. The van der Waals surface area contributed by atoms with Gasteiger partial charge in [0.2, 0.25) is 0 Å². The van der Waals surface area contributed by atoms with E-state index in [1.165, 1.54) is 12.5 Å². The van der Waals surface area contributed by atoms with Crippen molar-refractivity contribution in [1.82, 2.24) is 14.5 Å². The van der Waals surface area contributed by atoms with Gasteiger partial charge < -0.3 is 4.57 Å². The van der Waals surface area contributed by atoms with E-state index >= 15 is 0 Å². The van der Waals surface area contributed by atoms with E-state index in [-0.39, 0.29) is 17.7 Å². The first-order valence-electron chi connectivity index (χ1n) is 5.58. The quantitative estimate of drug-likeness (QED) is 0.811. The summed E-state index contributed by atoms with van der Waals surface area (Å²) in [6.45, 7) is 1.80. The molecule has 0 aliphatic rings. The Labute approximate surface area is 121 Å². The van der Waals surface area contributed by atoms with Gasteiger partial charge in [0.15, 0.2) is 5.65 Å². The lowest BCUT2D eigenvalue weighted by molar-refractivity contribution is 0.559. The van der Waals surface area contributed by atoms with Crippen LogP contribution in [0.15, 0.2) is 12.3 Å². The van der Waals surface area contributed by atoms with E-state index < -0.39 is 9.84 Å². The molecule has 2 heterocycles. The average molecular weight is 322 g/mol. The number of rotatable bonds is 4. The van der Waals surface area contributed by atoms with Crippen LogP contribution in [-0.4, -0.2) is 35.0 Å². The number of imidazole rings is 1. The van der Waals surface area contributed by atoms with E-state index in [0.717, 1.165) is 0 Å². The molecule has 2 rings (SSSR count). The Hall–Kier alpha value is -0.850. The Kier molecular flexibility index (Phi) is 4.03. The van der Waals surface area contributed by atoms with Crippen molar-refractivity contribution in [1.29, 1.82) is 0 Å². The third-order valence-corrected chi connectivity index (χ3v) is 4.21. The Balaban J connectivity index is 2.57. The number of fused-ring (bicyclic) bond motifs is 1. The monoisotopic (exact) mass is 321 g/mol. The van der Waals surface area contributed by atoms with Crippen LogP contribution in [0, 0.1) is 0 Å². The lowest BCUT2D eigenvalue weighted by Crippen LogP contribution is -2.18. The predicted molar refractivity (Wildman–Crippen MR) is 76.5 cm³/mol. The molecule has 8 heteroatoms. The van der Waals surface area contributed by atoms with Crippen LogP contribution in [0.25, 0.3) is 11.2 Å². The van der Waals surface area contributed by atoms with Gasteiger partial charge in [-0.05, 0) is 13.0 Å². The summed E-state index contributed by atoms with van der Waals surface area (Å²) in [5.41, 5.74) is 1.21. The summed E-state index contributed by atoms with van der Waals surface area (Å²) < 4.78 is 24.6. The first kappa shape index (κ1) is 14.6. The van der Waals surface area contributed by atoms with Crippen molar-refractivity contribution in [3.8, 4) is 0 Å². The van der Waals surface area contributed by atoms with Gasteiger partial charge in [-0.1, -0.05) is 11.6 Å². The van der Waals surface area contributed by atoms with Gasteiger partial charge in [0.05, 0.1) is 16.7 Å². The Morgan fingerprint density at radius 2 is 2.16 bits per heavy atom. The van der Waals surface area contributed by atoms with Gasteiger partial charge in [-0.3, -0.25) is 0 Å². The molecule has 1 unspecified atom stereocenters. The Morgan fingerprint density at radius 3 is 2.74 bits per heavy atom. The van der Waals surface area contributed by atoms with Crippen LogP contribution in [0.3, 0.4) is 0 Å². The third-order valence-electron chi connectivity index (χ3n) is 2.67. The van der Waals surface area contributed by atoms with Crippen molar-refractivity contribution < 1.29 is 8.42 Å². The highest BCUT2D eigenvalue weighted by Gasteiger charge is 2.19. The van der Waals surface area contributed by atoms with E-state index in [1.807, 2.05) is 0 Å². The van der Waals surface area contributed by atoms with E-state index in [9.17, 15) is 8.42 Å². The zero-order valence-corrected chi connectivity index (χ0v) is 12.8. The molecule has 2 aromatic heterocycles. The van der Waals surface area contributed by atoms with Crippen LogP contribution in [0.2, 0.25) is 5.02 Å². The molecule has 0 aliphatic heterocycles. The number of hydrogen-bond donors (Lipinski definition) is 0. The minimum Gasteiger partial charge on any atom is -0.308 e. The van der Waals surface area contributed by atoms with Crippen LogP contribution in [-0.2, 0) is 15.7 Å². The fourth-order valence-electron chi connectivity index (χ4n) is 2.07. The van der Waals surface area contributed by atoms with Crippen molar-refractivity contribution >= 4 is 44.2 Å². The molecule has 0 saturated carbocycles. The van der Waals surface area contributed by atoms with Crippen molar-refractivity contribution in [2.24, 2.45) is 0 Å². The Bertz CT molecular complexity index is 712. The van der Waals surface area contributed by atoms with Gasteiger partial charge in [0.25, 0.3) is 0 Å². The summed E-state index contributed by atoms with van der Waals surface area (Å²) in [5, 5.41) is 0.481. The molecule has 2 aromatic rings. The van der Waals surface area contributed by atoms with Crippen molar-refractivity contribution in [2.45, 2.75) is 18.8 Å². The minimum atomic E-state index is -3.10. The molecule has 19 heavy (non-hydrogen) atoms. The van der Waals surface area contributed by atoms with Gasteiger partial charge in [0.1, 0.15) is 21.2 Å². The maximum atomic E-state index is 11.4. The van der Waals surface area contributed by atoms with Gasteiger partial charge in [-0.15, -0.1) is 11.6 Å². The molecule has 104 valence electrons. The van der Waals surface area contributed by atoms with Crippen LogP contribution >= 0.6 is 23.2 Å². The molecule has 0 saturated heterocycles. The predicted octanol–water partition coefficient (Wildman–Crippen LogP) is 2.43. The van der Waals surface area contributed by atoms with Gasteiger partial charge in [-0.2, -0.15) is 0 Å². The lowest BCUT2D eigenvalue weighted by atomic mass is 10.3. The summed E-state index contributed by atoms with van der Waals surface area (Å²) in [6, 6.07) is 1.39. The highest BCUT2D eigenvalue weighted by atomic mass is 35.5. The molecule has 0 bridgehead atoms. The normalized spacial score (nSPS) is 13.9. The molecule has 0 amide bonds. The van der Waals surface area contributed by atoms with Gasteiger partial charge >= 0.3 is 0 Å². The second-order valence-electron chi connectivity index (χ2n) is 4.47. The molecule has 5 nitrogen and oxygen atoms in total. The SMILES string of the molecule is CC(CS(C)(=O)=O)n1c(CCl)nc2cc(Cl)cnc21. The van der Waals surface area contributed by atoms with Crippen LogP contribution in [0.5, 0.6) is 0 Å². The van der Waals surface area contributed by atoms with Crippen molar-refractivity contribution in [3.05, 3.63) is 23.1 Å². The van der Waals surface area contributed by atoms with Gasteiger partial charge in [-0.25, -0.2) is 18.4 Å². The highest BCUT2D eigenvalue weighted by molar-refractivity contribution is 7.90. The lowest BCUT2D eigenvalue weighted by Gasteiger charge is -2.15. The average Bonchev–Trinajstić information content (AvgIpc) is 2.63. The van der Waals surface area contributed by atoms with E-state index in [4.69, 9.17) is 23.2 Å². The van der Waals surface area contributed by atoms with E-state index in [0.29, 0.717) is 22.0 Å². The van der Waals surface area contributed by atoms with Crippen LogP contribution < -0.4 is 0 Å². The van der Waals surface area contributed by atoms with Crippen LogP contribution in [0.4, 0.5) is 0 Å². The second kappa shape index (κ2) is 5.26. The van der Waals surface area contributed by atoms with Crippen molar-refractivity contribution in [2.75, 3.05) is 12.0 Å². The highest BCUT2D eigenvalue weighted by Crippen LogP contribution is 2.23. The molecule has 0 fully saturated rings. The standard InChI is InChI=1S/C11H13Cl2N3O2S/c1-7(6-19(2,17)18)16-10(4-12)15-9-3-8(13)5-14-11(9)16/h3,5,7H,4,6H2,1-2H3. The number of sulfone groups is 1. The first-order valence-corrected chi connectivity index (χ1v) is 8.55. The second-order valence-corrected chi connectivity index (χ2v) is 7.36. The maximum absolute atomic E-state index is 11.4. The third kappa shape index (κ3) is 3.19. The molecule has 0 spiro atoms. The largest absolute Gasteiger partial charge is 0.308 e.